The van der Waals surface area contributed by atoms with Crippen molar-refractivity contribution in [2.24, 2.45) is 11.3 Å². The SMILES string of the molecule is CCC1=C2c3ccc(O)c(Cl)c3C(=O)C23CCC(C3)C1=O. The molecule has 0 heterocycles. The van der Waals surface area contributed by atoms with Gasteiger partial charge in [-0.2, -0.15) is 0 Å². The lowest BCUT2D eigenvalue weighted by molar-refractivity contribution is -0.119. The van der Waals surface area contributed by atoms with Gasteiger partial charge in [0.1, 0.15) is 5.75 Å². The standard InChI is InChI=1S/C17H15ClO3/c1-2-9-13-10-3-4-11(19)14(18)12(10)16(21)17(13)6-5-8(7-17)15(9)20/h3-4,8,19H,2,5-7H2,1H3. The van der Waals surface area contributed by atoms with E-state index >= 15 is 0 Å². The average molecular weight is 303 g/mol. The zero-order valence-corrected chi connectivity index (χ0v) is 12.5. The topological polar surface area (TPSA) is 54.4 Å². The summed E-state index contributed by atoms with van der Waals surface area (Å²) >= 11 is 6.18. The quantitative estimate of drug-likeness (QED) is 0.859. The molecule has 1 saturated carbocycles. The van der Waals surface area contributed by atoms with Gasteiger partial charge < -0.3 is 5.11 Å². The van der Waals surface area contributed by atoms with E-state index in [1.54, 1.807) is 6.07 Å². The number of phenols is 1. The second-order valence-electron chi connectivity index (χ2n) is 6.24. The summed E-state index contributed by atoms with van der Waals surface area (Å²) in [5, 5.41) is 9.93. The van der Waals surface area contributed by atoms with Crippen molar-refractivity contribution >= 4 is 28.7 Å². The first kappa shape index (κ1) is 13.1. The summed E-state index contributed by atoms with van der Waals surface area (Å²) in [6.45, 7) is 1.96. The average Bonchev–Trinajstić information content (AvgIpc) is 2.98. The summed E-state index contributed by atoms with van der Waals surface area (Å²) in [6.07, 6.45) is 2.73. The van der Waals surface area contributed by atoms with E-state index in [4.69, 9.17) is 11.6 Å². The number of rotatable bonds is 1. The highest BCUT2D eigenvalue weighted by molar-refractivity contribution is 6.38. The maximum absolute atomic E-state index is 13.0. The Kier molecular flexibility index (Phi) is 2.48. The normalized spacial score (nSPS) is 29.9. The molecule has 0 amide bonds. The number of halogens is 1. The molecule has 0 aromatic heterocycles. The number of allylic oxidation sites excluding steroid dienone is 2. The zero-order valence-electron chi connectivity index (χ0n) is 11.7. The minimum Gasteiger partial charge on any atom is -0.506 e. The summed E-state index contributed by atoms with van der Waals surface area (Å²) in [4.78, 5) is 25.6. The summed E-state index contributed by atoms with van der Waals surface area (Å²) in [5.74, 6) is 0.104. The van der Waals surface area contributed by atoms with Crippen LogP contribution in [0.25, 0.3) is 5.57 Å². The van der Waals surface area contributed by atoms with E-state index in [1.165, 1.54) is 6.07 Å². The Morgan fingerprint density at radius 3 is 2.86 bits per heavy atom. The van der Waals surface area contributed by atoms with Crippen LogP contribution < -0.4 is 0 Å². The number of ketones is 2. The van der Waals surface area contributed by atoms with Crippen LogP contribution in [-0.4, -0.2) is 16.7 Å². The maximum atomic E-state index is 13.0. The molecule has 1 fully saturated rings. The van der Waals surface area contributed by atoms with Gasteiger partial charge in [0.05, 0.1) is 10.4 Å². The fourth-order valence-corrected chi connectivity index (χ4v) is 4.73. The van der Waals surface area contributed by atoms with Gasteiger partial charge in [0.2, 0.25) is 0 Å². The lowest BCUT2D eigenvalue weighted by atomic mass is 9.70. The number of benzene rings is 1. The number of fused-ring (bicyclic) bond motifs is 3. The van der Waals surface area contributed by atoms with E-state index in [0.717, 1.165) is 23.1 Å². The van der Waals surface area contributed by atoms with Crippen molar-refractivity contribution in [1.82, 2.24) is 0 Å². The highest BCUT2D eigenvalue weighted by Gasteiger charge is 2.59. The van der Waals surface area contributed by atoms with Crippen LogP contribution in [0.5, 0.6) is 5.75 Å². The molecule has 3 aliphatic carbocycles. The molecule has 2 atom stereocenters. The highest BCUT2D eigenvalue weighted by Crippen LogP contribution is 2.63. The van der Waals surface area contributed by atoms with Crippen LogP contribution >= 0.6 is 11.6 Å². The van der Waals surface area contributed by atoms with Crippen molar-refractivity contribution in [2.75, 3.05) is 0 Å². The molecule has 21 heavy (non-hydrogen) atoms. The number of carbonyl (C=O) groups excluding carboxylic acids is 2. The lowest BCUT2D eigenvalue weighted by Gasteiger charge is -2.30. The van der Waals surface area contributed by atoms with Crippen LogP contribution in [0.2, 0.25) is 5.02 Å². The van der Waals surface area contributed by atoms with Crippen LogP contribution in [-0.2, 0) is 4.79 Å². The second kappa shape index (κ2) is 3.98. The van der Waals surface area contributed by atoms with E-state index < -0.39 is 5.41 Å². The number of hydrogen-bond donors (Lipinski definition) is 1. The fourth-order valence-electron chi connectivity index (χ4n) is 4.48. The third kappa shape index (κ3) is 1.35. The number of hydrogen-bond acceptors (Lipinski definition) is 3. The van der Waals surface area contributed by atoms with E-state index in [9.17, 15) is 14.7 Å². The van der Waals surface area contributed by atoms with Crippen molar-refractivity contribution in [1.29, 1.82) is 0 Å². The molecule has 4 rings (SSSR count). The number of Topliss-reactive ketones (excluding diaryl/α,β-unsaturated/α-hetero) is 2. The van der Waals surface area contributed by atoms with Gasteiger partial charge >= 0.3 is 0 Å². The van der Waals surface area contributed by atoms with Gasteiger partial charge in [0.15, 0.2) is 11.6 Å². The predicted molar refractivity (Wildman–Crippen MR) is 79.4 cm³/mol. The van der Waals surface area contributed by atoms with Crippen molar-refractivity contribution in [3.05, 3.63) is 33.9 Å². The van der Waals surface area contributed by atoms with Gasteiger partial charge in [-0.3, -0.25) is 9.59 Å². The Labute approximate surface area is 127 Å². The molecule has 3 aliphatic rings. The van der Waals surface area contributed by atoms with Crippen LogP contribution in [0.15, 0.2) is 17.7 Å². The predicted octanol–water partition coefficient (Wildman–Crippen LogP) is 3.77. The molecule has 2 unspecified atom stereocenters. The van der Waals surface area contributed by atoms with E-state index in [-0.39, 0.29) is 28.3 Å². The summed E-state index contributed by atoms with van der Waals surface area (Å²) in [5.41, 5.74) is 2.29. The molecule has 108 valence electrons. The monoisotopic (exact) mass is 302 g/mol. The number of aromatic hydroxyl groups is 1. The molecule has 1 aromatic rings. The van der Waals surface area contributed by atoms with Crippen molar-refractivity contribution < 1.29 is 14.7 Å². The van der Waals surface area contributed by atoms with Gasteiger partial charge in [-0.25, -0.2) is 0 Å². The van der Waals surface area contributed by atoms with Crippen molar-refractivity contribution in [3.63, 3.8) is 0 Å². The van der Waals surface area contributed by atoms with Crippen LogP contribution in [0.3, 0.4) is 0 Å². The number of phenolic OH excluding ortho intramolecular Hbond substituents is 1. The molecule has 2 bridgehead atoms. The molecular weight excluding hydrogens is 288 g/mol. The first-order valence-corrected chi connectivity index (χ1v) is 7.73. The lowest BCUT2D eigenvalue weighted by Crippen LogP contribution is -2.31. The minimum atomic E-state index is -0.566. The molecule has 0 radical (unpaired) electrons. The van der Waals surface area contributed by atoms with Crippen molar-refractivity contribution in [2.45, 2.75) is 32.6 Å². The first-order valence-electron chi connectivity index (χ1n) is 7.35. The van der Waals surface area contributed by atoms with Gasteiger partial charge in [-0.15, -0.1) is 0 Å². The van der Waals surface area contributed by atoms with Crippen LogP contribution in [0.1, 0.15) is 48.5 Å². The van der Waals surface area contributed by atoms with Gasteiger partial charge in [-0.1, -0.05) is 24.6 Å². The Morgan fingerprint density at radius 2 is 2.14 bits per heavy atom. The highest BCUT2D eigenvalue weighted by atomic mass is 35.5. The largest absolute Gasteiger partial charge is 0.506 e. The third-order valence-corrected chi connectivity index (χ3v) is 5.75. The summed E-state index contributed by atoms with van der Waals surface area (Å²) in [7, 11) is 0. The first-order chi connectivity index (χ1) is 10.0. The minimum absolute atomic E-state index is 0.00523. The Hall–Kier alpha value is -1.61. The van der Waals surface area contributed by atoms with E-state index in [1.807, 2.05) is 6.92 Å². The molecule has 1 N–H and O–H groups in total. The van der Waals surface area contributed by atoms with E-state index in [0.29, 0.717) is 24.8 Å². The fraction of sp³-hybridized carbons (Fsp3) is 0.412. The molecule has 0 saturated heterocycles. The third-order valence-electron chi connectivity index (χ3n) is 5.37. The van der Waals surface area contributed by atoms with Gasteiger partial charge in [-0.05, 0) is 48.5 Å². The Bertz CT molecular complexity index is 747. The van der Waals surface area contributed by atoms with Crippen LogP contribution in [0.4, 0.5) is 0 Å². The van der Waals surface area contributed by atoms with Crippen molar-refractivity contribution in [3.8, 4) is 5.75 Å². The summed E-state index contributed by atoms with van der Waals surface area (Å²) < 4.78 is 0. The molecule has 4 heteroatoms. The maximum Gasteiger partial charge on any atom is 0.175 e. The van der Waals surface area contributed by atoms with Gasteiger partial charge in [0, 0.05) is 11.5 Å². The Morgan fingerprint density at radius 1 is 1.38 bits per heavy atom. The summed E-state index contributed by atoms with van der Waals surface area (Å²) in [6, 6.07) is 3.25. The second-order valence-corrected chi connectivity index (χ2v) is 6.62. The van der Waals surface area contributed by atoms with Crippen LogP contribution in [0, 0.1) is 11.3 Å². The smallest absolute Gasteiger partial charge is 0.175 e. The molecule has 1 aromatic carbocycles. The molecule has 0 aliphatic heterocycles. The molecule has 3 nitrogen and oxygen atoms in total. The van der Waals surface area contributed by atoms with Gasteiger partial charge in [0.25, 0.3) is 0 Å². The zero-order chi connectivity index (χ0) is 14.9. The van der Waals surface area contributed by atoms with E-state index in [2.05, 4.69) is 0 Å². The Balaban J connectivity index is 2.11. The number of carbonyl (C=O) groups is 2. The molecular formula is C17H15ClO3. The molecule has 1 spiro atoms.